The van der Waals surface area contributed by atoms with E-state index in [0.29, 0.717) is 19.5 Å². The predicted octanol–water partition coefficient (Wildman–Crippen LogP) is 4.48. The highest BCUT2D eigenvalue weighted by Gasteiger charge is 2.23. The standard InChI is InChI=1S/C23H20FN3OS/c24-19-7-8-20-21(15-19)29-23(25-20)27-11-9-26(10-12-27)22(28)14-16-5-6-17-3-1-2-4-18(17)13-16/h1-8,13,15H,9-12,14H2. The number of thiazole rings is 1. The molecule has 3 aromatic carbocycles. The highest BCUT2D eigenvalue weighted by molar-refractivity contribution is 7.22. The molecular weight excluding hydrogens is 385 g/mol. The molecule has 5 rings (SSSR count). The molecule has 0 saturated carbocycles. The summed E-state index contributed by atoms with van der Waals surface area (Å²) in [7, 11) is 0. The average molecular weight is 405 g/mol. The van der Waals surface area contributed by atoms with Crippen LogP contribution in [0.3, 0.4) is 0 Å². The first-order chi connectivity index (χ1) is 14.2. The quantitative estimate of drug-likeness (QED) is 0.504. The number of aromatic nitrogens is 1. The minimum atomic E-state index is -0.239. The van der Waals surface area contributed by atoms with Gasteiger partial charge in [0.25, 0.3) is 0 Å². The van der Waals surface area contributed by atoms with Crippen molar-refractivity contribution >= 4 is 43.4 Å². The lowest BCUT2D eigenvalue weighted by Gasteiger charge is -2.34. The summed E-state index contributed by atoms with van der Waals surface area (Å²) in [5.74, 6) is -0.0805. The molecule has 29 heavy (non-hydrogen) atoms. The smallest absolute Gasteiger partial charge is 0.227 e. The lowest BCUT2D eigenvalue weighted by molar-refractivity contribution is -0.130. The molecular formula is C23H20FN3OS. The highest BCUT2D eigenvalue weighted by Crippen LogP contribution is 2.30. The molecule has 1 aromatic heterocycles. The van der Waals surface area contributed by atoms with Gasteiger partial charge < -0.3 is 9.80 Å². The first-order valence-electron chi connectivity index (χ1n) is 9.72. The Bertz CT molecular complexity index is 1200. The zero-order chi connectivity index (χ0) is 19.8. The number of carbonyl (C=O) groups is 1. The van der Waals surface area contributed by atoms with E-state index in [-0.39, 0.29) is 11.7 Å². The van der Waals surface area contributed by atoms with E-state index >= 15 is 0 Å². The number of hydrogen-bond donors (Lipinski definition) is 0. The van der Waals surface area contributed by atoms with Crippen molar-refractivity contribution in [2.75, 3.05) is 31.1 Å². The molecule has 1 fully saturated rings. The van der Waals surface area contributed by atoms with Crippen molar-refractivity contribution in [1.82, 2.24) is 9.88 Å². The third-order valence-electron chi connectivity index (χ3n) is 5.41. The van der Waals surface area contributed by atoms with Gasteiger partial charge in [0.05, 0.1) is 16.6 Å². The van der Waals surface area contributed by atoms with Crippen LogP contribution in [-0.4, -0.2) is 42.0 Å². The number of fused-ring (bicyclic) bond motifs is 2. The number of carbonyl (C=O) groups excluding carboxylic acids is 1. The maximum Gasteiger partial charge on any atom is 0.227 e. The topological polar surface area (TPSA) is 36.4 Å². The molecule has 4 aromatic rings. The molecule has 0 radical (unpaired) electrons. The molecule has 1 aliphatic rings. The monoisotopic (exact) mass is 405 g/mol. The van der Waals surface area contributed by atoms with Gasteiger partial charge >= 0.3 is 0 Å². The van der Waals surface area contributed by atoms with Crippen molar-refractivity contribution in [2.45, 2.75) is 6.42 Å². The van der Waals surface area contributed by atoms with Crippen molar-refractivity contribution in [3.8, 4) is 0 Å². The summed E-state index contributed by atoms with van der Waals surface area (Å²) < 4.78 is 14.3. The van der Waals surface area contributed by atoms with Crippen LogP contribution in [0.15, 0.2) is 60.7 Å². The number of amides is 1. The van der Waals surface area contributed by atoms with Crippen molar-refractivity contribution in [3.05, 3.63) is 72.0 Å². The zero-order valence-electron chi connectivity index (χ0n) is 15.8. The molecule has 0 aliphatic carbocycles. The van der Waals surface area contributed by atoms with E-state index < -0.39 is 0 Å². The number of hydrogen-bond acceptors (Lipinski definition) is 4. The molecule has 2 heterocycles. The number of piperazine rings is 1. The Morgan fingerprint density at radius 3 is 2.59 bits per heavy atom. The minimum absolute atomic E-state index is 0.159. The Labute approximate surface area is 172 Å². The van der Waals surface area contributed by atoms with Gasteiger partial charge in [-0.05, 0) is 34.5 Å². The lowest BCUT2D eigenvalue weighted by Crippen LogP contribution is -2.49. The van der Waals surface area contributed by atoms with Crippen molar-refractivity contribution < 1.29 is 9.18 Å². The van der Waals surface area contributed by atoms with Crippen LogP contribution < -0.4 is 4.90 Å². The van der Waals surface area contributed by atoms with Crippen molar-refractivity contribution in [1.29, 1.82) is 0 Å². The van der Waals surface area contributed by atoms with Crippen LogP contribution in [0.2, 0.25) is 0 Å². The third-order valence-corrected chi connectivity index (χ3v) is 6.49. The molecule has 4 nitrogen and oxygen atoms in total. The maximum absolute atomic E-state index is 13.4. The first-order valence-corrected chi connectivity index (χ1v) is 10.5. The van der Waals surface area contributed by atoms with Gasteiger partial charge in [0.2, 0.25) is 5.91 Å². The Morgan fingerprint density at radius 1 is 0.966 bits per heavy atom. The molecule has 146 valence electrons. The second-order valence-electron chi connectivity index (χ2n) is 7.33. The highest BCUT2D eigenvalue weighted by atomic mass is 32.1. The largest absolute Gasteiger partial charge is 0.345 e. The third kappa shape index (κ3) is 3.68. The fourth-order valence-corrected chi connectivity index (χ4v) is 4.85. The molecule has 1 aliphatic heterocycles. The number of benzene rings is 3. The summed E-state index contributed by atoms with van der Waals surface area (Å²) in [4.78, 5) is 21.5. The van der Waals surface area contributed by atoms with E-state index in [2.05, 4.69) is 34.1 Å². The fourth-order valence-electron chi connectivity index (χ4n) is 3.80. The van der Waals surface area contributed by atoms with Gasteiger partial charge in [0, 0.05) is 26.2 Å². The molecule has 0 spiro atoms. The van der Waals surface area contributed by atoms with Crippen LogP contribution in [-0.2, 0) is 11.2 Å². The van der Waals surface area contributed by atoms with Crippen LogP contribution in [0.4, 0.5) is 9.52 Å². The van der Waals surface area contributed by atoms with Crippen LogP contribution >= 0.6 is 11.3 Å². The van der Waals surface area contributed by atoms with Gasteiger partial charge in [-0.15, -0.1) is 0 Å². The molecule has 0 unspecified atom stereocenters. The molecule has 0 bridgehead atoms. The van der Waals surface area contributed by atoms with Gasteiger partial charge in [-0.25, -0.2) is 9.37 Å². The Morgan fingerprint density at radius 2 is 1.76 bits per heavy atom. The molecule has 6 heteroatoms. The molecule has 0 atom stereocenters. The van der Waals surface area contributed by atoms with Gasteiger partial charge in [-0.1, -0.05) is 53.8 Å². The van der Waals surface area contributed by atoms with E-state index in [1.807, 2.05) is 23.1 Å². The van der Waals surface area contributed by atoms with Crippen molar-refractivity contribution in [2.24, 2.45) is 0 Å². The van der Waals surface area contributed by atoms with Gasteiger partial charge in [0.1, 0.15) is 5.82 Å². The summed E-state index contributed by atoms with van der Waals surface area (Å²) in [6.07, 6.45) is 0.422. The van der Waals surface area contributed by atoms with Crippen LogP contribution in [0.25, 0.3) is 21.0 Å². The average Bonchev–Trinajstić information content (AvgIpc) is 3.17. The van der Waals surface area contributed by atoms with E-state index in [1.54, 1.807) is 6.07 Å². The first kappa shape index (κ1) is 18.1. The molecule has 0 N–H and O–H groups in total. The van der Waals surface area contributed by atoms with Gasteiger partial charge in [0.15, 0.2) is 5.13 Å². The van der Waals surface area contributed by atoms with Gasteiger partial charge in [-0.2, -0.15) is 0 Å². The van der Waals surface area contributed by atoms with E-state index in [1.165, 1.54) is 28.9 Å². The summed E-state index contributed by atoms with van der Waals surface area (Å²) in [5.41, 5.74) is 1.87. The number of rotatable bonds is 3. The number of nitrogens with zero attached hydrogens (tertiary/aromatic N) is 3. The SMILES string of the molecule is O=C(Cc1ccc2ccccc2c1)N1CCN(c2nc3ccc(F)cc3s2)CC1. The second-order valence-corrected chi connectivity index (χ2v) is 8.34. The molecule has 1 saturated heterocycles. The number of anilines is 1. The Kier molecular flexibility index (Phi) is 4.64. The predicted molar refractivity (Wildman–Crippen MR) is 116 cm³/mol. The Hall–Kier alpha value is -2.99. The van der Waals surface area contributed by atoms with Crippen LogP contribution in [0, 0.1) is 5.82 Å². The maximum atomic E-state index is 13.4. The second kappa shape index (κ2) is 7.44. The normalized spacial score (nSPS) is 14.7. The minimum Gasteiger partial charge on any atom is -0.345 e. The number of halogens is 1. The van der Waals surface area contributed by atoms with Crippen molar-refractivity contribution in [3.63, 3.8) is 0 Å². The summed E-state index contributed by atoms with van der Waals surface area (Å²) in [6.45, 7) is 2.84. The van der Waals surface area contributed by atoms with Gasteiger partial charge in [-0.3, -0.25) is 4.79 Å². The fraction of sp³-hybridized carbons (Fsp3) is 0.217. The Balaban J connectivity index is 1.23. The van der Waals surface area contributed by atoms with E-state index in [0.717, 1.165) is 39.4 Å². The summed E-state index contributed by atoms with van der Waals surface area (Å²) >= 11 is 1.50. The van der Waals surface area contributed by atoms with E-state index in [9.17, 15) is 9.18 Å². The summed E-state index contributed by atoms with van der Waals surface area (Å²) in [5, 5.41) is 3.25. The zero-order valence-corrected chi connectivity index (χ0v) is 16.7. The van der Waals surface area contributed by atoms with Crippen LogP contribution in [0.5, 0.6) is 0 Å². The molecule has 1 amide bonds. The van der Waals surface area contributed by atoms with Crippen LogP contribution in [0.1, 0.15) is 5.56 Å². The van der Waals surface area contributed by atoms with E-state index in [4.69, 9.17) is 0 Å². The lowest BCUT2D eigenvalue weighted by atomic mass is 10.0. The summed E-state index contributed by atoms with van der Waals surface area (Å²) in [6, 6.07) is 19.1.